The van der Waals surface area contributed by atoms with Crippen LogP contribution < -0.4 is 10.5 Å². The van der Waals surface area contributed by atoms with Crippen LogP contribution in [0.25, 0.3) is 0 Å². The minimum Gasteiger partial charge on any atom is -0.496 e. The summed E-state index contributed by atoms with van der Waals surface area (Å²) in [4.78, 5) is 0. The first kappa shape index (κ1) is 13.8. The average molecular weight is 280 g/mol. The summed E-state index contributed by atoms with van der Waals surface area (Å²) in [5.74, 6) is 0.431. The van der Waals surface area contributed by atoms with Crippen molar-refractivity contribution in [3.8, 4) is 5.75 Å². The lowest BCUT2D eigenvalue weighted by molar-refractivity contribution is 0.408. The Labute approximate surface area is 117 Å². The third kappa shape index (κ3) is 3.25. The molecule has 0 bridgehead atoms. The third-order valence-corrected chi connectivity index (χ3v) is 3.33. The lowest BCUT2D eigenvalue weighted by Gasteiger charge is -2.16. The molecule has 0 aliphatic carbocycles. The molecule has 0 amide bonds. The van der Waals surface area contributed by atoms with Gasteiger partial charge in [0.15, 0.2) is 0 Å². The van der Waals surface area contributed by atoms with Crippen molar-refractivity contribution in [3.63, 3.8) is 0 Å². The molecule has 19 heavy (non-hydrogen) atoms. The van der Waals surface area contributed by atoms with Crippen molar-refractivity contribution >= 4 is 11.6 Å². The number of para-hydroxylation sites is 1. The largest absolute Gasteiger partial charge is 0.496 e. The fraction of sp³-hybridized carbons (Fsp3) is 0.200. The molecule has 0 heterocycles. The van der Waals surface area contributed by atoms with Crippen LogP contribution in [0.1, 0.15) is 17.2 Å². The van der Waals surface area contributed by atoms with E-state index in [1.54, 1.807) is 7.11 Å². The molecule has 0 saturated carbocycles. The van der Waals surface area contributed by atoms with Crippen molar-refractivity contribution in [1.29, 1.82) is 0 Å². The number of benzene rings is 2. The Morgan fingerprint density at radius 3 is 2.74 bits per heavy atom. The standard InChI is InChI=1S/C15H15ClFNO/c1-19-15-5-3-2-4-10(15)8-14(18)12-9-11(17)6-7-13(12)16/h2-7,9,14H,8,18H2,1H3. The van der Waals surface area contributed by atoms with Gasteiger partial charge in [-0.2, -0.15) is 0 Å². The van der Waals surface area contributed by atoms with Gasteiger partial charge in [-0.1, -0.05) is 29.8 Å². The highest BCUT2D eigenvalue weighted by Gasteiger charge is 2.14. The first-order valence-corrected chi connectivity index (χ1v) is 6.32. The molecule has 4 heteroatoms. The molecular weight excluding hydrogens is 265 g/mol. The second-order valence-corrected chi connectivity index (χ2v) is 4.70. The molecule has 0 aromatic heterocycles. The zero-order chi connectivity index (χ0) is 13.8. The Bertz CT molecular complexity index is 574. The Morgan fingerprint density at radius 2 is 2.00 bits per heavy atom. The van der Waals surface area contributed by atoms with Crippen LogP contribution in [-0.2, 0) is 6.42 Å². The fourth-order valence-corrected chi connectivity index (χ4v) is 2.27. The molecule has 2 N–H and O–H groups in total. The molecule has 2 aromatic rings. The number of nitrogens with two attached hydrogens (primary N) is 1. The predicted molar refractivity (Wildman–Crippen MR) is 75.0 cm³/mol. The van der Waals surface area contributed by atoms with Crippen molar-refractivity contribution < 1.29 is 9.13 Å². The second-order valence-electron chi connectivity index (χ2n) is 4.29. The van der Waals surface area contributed by atoms with Gasteiger partial charge in [0.25, 0.3) is 0 Å². The normalized spacial score (nSPS) is 12.2. The molecule has 0 aliphatic rings. The summed E-state index contributed by atoms with van der Waals surface area (Å²) >= 11 is 6.05. The zero-order valence-electron chi connectivity index (χ0n) is 10.6. The summed E-state index contributed by atoms with van der Waals surface area (Å²) in [5, 5.41) is 0.476. The molecule has 2 aromatic carbocycles. The van der Waals surface area contributed by atoms with Crippen LogP contribution in [0.15, 0.2) is 42.5 Å². The summed E-state index contributed by atoms with van der Waals surface area (Å²) in [5.41, 5.74) is 7.69. The van der Waals surface area contributed by atoms with E-state index in [0.29, 0.717) is 17.0 Å². The molecule has 1 atom stereocenters. The van der Waals surface area contributed by atoms with Crippen LogP contribution in [-0.4, -0.2) is 7.11 Å². The Hall–Kier alpha value is -1.58. The van der Waals surface area contributed by atoms with Crippen LogP contribution >= 0.6 is 11.6 Å². The third-order valence-electron chi connectivity index (χ3n) is 2.99. The highest BCUT2D eigenvalue weighted by atomic mass is 35.5. The van der Waals surface area contributed by atoms with E-state index in [-0.39, 0.29) is 11.9 Å². The first-order chi connectivity index (χ1) is 9.11. The van der Waals surface area contributed by atoms with Gasteiger partial charge in [0, 0.05) is 11.1 Å². The Morgan fingerprint density at radius 1 is 1.26 bits per heavy atom. The van der Waals surface area contributed by atoms with E-state index in [9.17, 15) is 4.39 Å². The Kier molecular flexibility index (Phi) is 4.40. The quantitative estimate of drug-likeness (QED) is 0.925. The van der Waals surface area contributed by atoms with E-state index in [4.69, 9.17) is 22.1 Å². The summed E-state index contributed by atoms with van der Waals surface area (Å²) < 4.78 is 18.5. The maximum atomic E-state index is 13.3. The van der Waals surface area contributed by atoms with Crippen molar-refractivity contribution in [2.45, 2.75) is 12.5 Å². The number of ether oxygens (including phenoxy) is 1. The van der Waals surface area contributed by atoms with Gasteiger partial charge in [0.1, 0.15) is 11.6 Å². The molecule has 100 valence electrons. The first-order valence-electron chi connectivity index (χ1n) is 5.94. The van der Waals surface area contributed by atoms with E-state index in [2.05, 4.69) is 0 Å². The topological polar surface area (TPSA) is 35.2 Å². The van der Waals surface area contributed by atoms with Crippen LogP contribution in [0, 0.1) is 5.82 Å². The highest BCUT2D eigenvalue weighted by Crippen LogP contribution is 2.28. The average Bonchev–Trinajstić information content (AvgIpc) is 2.42. The maximum Gasteiger partial charge on any atom is 0.123 e. The van der Waals surface area contributed by atoms with Crippen molar-refractivity contribution in [3.05, 3.63) is 64.4 Å². The van der Waals surface area contributed by atoms with Gasteiger partial charge in [0.2, 0.25) is 0 Å². The van der Waals surface area contributed by atoms with E-state index in [1.165, 1.54) is 18.2 Å². The summed E-state index contributed by atoms with van der Waals surface area (Å²) in [7, 11) is 1.61. The van der Waals surface area contributed by atoms with Gasteiger partial charge in [-0.3, -0.25) is 0 Å². The van der Waals surface area contributed by atoms with Gasteiger partial charge in [-0.25, -0.2) is 4.39 Å². The maximum absolute atomic E-state index is 13.3. The van der Waals surface area contributed by atoms with Crippen molar-refractivity contribution in [2.24, 2.45) is 5.73 Å². The zero-order valence-corrected chi connectivity index (χ0v) is 11.3. The van der Waals surface area contributed by atoms with E-state index < -0.39 is 0 Å². The van der Waals surface area contributed by atoms with Crippen molar-refractivity contribution in [2.75, 3.05) is 7.11 Å². The monoisotopic (exact) mass is 279 g/mol. The van der Waals surface area contributed by atoms with Gasteiger partial charge in [-0.15, -0.1) is 0 Å². The molecule has 0 saturated heterocycles. The summed E-state index contributed by atoms with van der Waals surface area (Å²) in [6, 6.07) is 11.5. The predicted octanol–water partition coefficient (Wildman–Crippen LogP) is 3.73. The number of hydrogen-bond acceptors (Lipinski definition) is 2. The number of halogens is 2. The lowest BCUT2D eigenvalue weighted by atomic mass is 9.99. The summed E-state index contributed by atoms with van der Waals surface area (Å²) in [6.07, 6.45) is 0.535. The van der Waals surface area contributed by atoms with Crippen LogP contribution in [0.5, 0.6) is 5.75 Å². The molecule has 1 unspecified atom stereocenters. The molecule has 0 spiro atoms. The SMILES string of the molecule is COc1ccccc1CC(N)c1cc(F)ccc1Cl. The summed E-state index contributed by atoms with van der Waals surface area (Å²) in [6.45, 7) is 0. The molecule has 0 aliphatic heterocycles. The number of rotatable bonds is 4. The molecular formula is C15H15ClFNO. The van der Waals surface area contributed by atoms with Gasteiger partial charge >= 0.3 is 0 Å². The van der Waals surface area contributed by atoms with E-state index in [1.807, 2.05) is 24.3 Å². The van der Waals surface area contributed by atoms with Crippen LogP contribution in [0.4, 0.5) is 4.39 Å². The minimum absolute atomic E-state index is 0.338. The van der Waals surface area contributed by atoms with E-state index in [0.717, 1.165) is 11.3 Å². The molecule has 2 rings (SSSR count). The van der Waals surface area contributed by atoms with E-state index >= 15 is 0 Å². The van der Waals surface area contributed by atoms with Crippen molar-refractivity contribution in [1.82, 2.24) is 0 Å². The molecule has 0 radical (unpaired) electrons. The van der Waals surface area contributed by atoms with Gasteiger partial charge in [-0.05, 0) is 41.8 Å². The second kappa shape index (κ2) is 6.04. The van der Waals surface area contributed by atoms with Gasteiger partial charge in [0.05, 0.1) is 7.11 Å². The fourth-order valence-electron chi connectivity index (χ4n) is 2.02. The highest BCUT2D eigenvalue weighted by molar-refractivity contribution is 6.31. The Balaban J connectivity index is 2.25. The number of hydrogen-bond donors (Lipinski definition) is 1. The molecule has 0 fully saturated rings. The smallest absolute Gasteiger partial charge is 0.123 e. The van der Waals surface area contributed by atoms with Crippen LogP contribution in [0.2, 0.25) is 5.02 Å². The van der Waals surface area contributed by atoms with Gasteiger partial charge < -0.3 is 10.5 Å². The lowest BCUT2D eigenvalue weighted by Crippen LogP contribution is -2.14. The minimum atomic E-state index is -0.375. The molecule has 2 nitrogen and oxygen atoms in total. The van der Waals surface area contributed by atoms with Crippen LogP contribution in [0.3, 0.4) is 0 Å². The number of methoxy groups -OCH3 is 1.